The Labute approximate surface area is 86.3 Å². The van der Waals surface area contributed by atoms with E-state index in [4.69, 9.17) is 9.84 Å². The number of benzene rings is 1. The molecule has 0 aliphatic carbocycles. The highest BCUT2D eigenvalue weighted by Gasteiger charge is 2.03. The van der Waals surface area contributed by atoms with Gasteiger partial charge >= 0.3 is 0 Å². The van der Waals surface area contributed by atoms with E-state index in [0.717, 1.165) is 5.56 Å². The summed E-state index contributed by atoms with van der Waals surface area (Å²) in [5.74, 6) is 1.10. The molecule has 0 bridgehead atoms. The Hall–Kier alpha value is -1.88. The third kappa shape index (κ3) is 2.32. The molecule has 78 valence electrons. The van der Waals surface area contributed by atoms with Crippen LogP contribution in [0.3, 0.4) is 0 Å². The largest absolute Gasteiger partial charge is 0.485 e. The molecular formula is C10H10N2O3. The molecule has 1 heterocycles. The van der Waals surface area contributed by atoms with Gasteiger partial charge in [-0.3, -0.25) is 0 Å². The van der Waals surface area contributed by atoms with Crippen molar-refractivity contribution in [1.82, 2.24) is 10.1 Å². The van der Waals surface area contributed by atoms with Gasteiger partial charge in [-0.25, -0.2) is 0 Å². The molecule has 15 heavy (non-hydrogen) atoms. The number of ether oxygens (including phenoxy) is 1. The Bertz CT molecular complexity index is 414. The molecule has 0 saturated carbocycles. The van der Waals surface area contributed by atoms with Gasteiger partial charge in [-0.1, -0.05) is 23.4 Å². The van der Waals surface area contributed by atoms with Gasteiger partial charge in [0, 0.05) is 5.56 Å². The second kappa shape index (κ2) is 4.56. The molecule has 2 rings (SSSR count). The molecule has 0 aliphatic rings. The van der Waals surface area contributed by atoms with E-state index in [1.165, 1.54) is 6.39 Å². The van der Waals surface area contributed by atoms with Crippen LogP contribution in [0.25, 0.3) is 0 Å². The number of rotatable bonds is 4. The third-order valence-corrected chi connectivity index (χ3v) is 1.91. The summed E-state index contributed by atoms with van der Waals surface area (Å²) in [6.45, 7) is 0.177. The summed E-state index contributed by atoms with van der Waals surface area (Å²) in [7, 11) is 0. The number of nitrogens with zero attached hydrogens (tertiary/aromatic N) is 2. The Morgan fingerprint density at radius 2 is 2.20 bits per heavy atom. The highest BCUT2D eigenvalue weighted by Crippen LogP contribution is 2.18. The Morgan fingerprint density at radius 1 is 1.33 bits per heavy atom. The van der Waals surface area contributed by atoms with Crippen molar-refractivity contribution in [3.63, 3.8) is 0 Å². The van der Waals surface area contributed by atoms with Crippen LogP contribution in [0.4, 0.5) is 0 Å². The van der Waals surface area contributed by atoms with Crippen molar-refractivity contribution in [1.29, 1.82) is 0 Å². The van der Waals surface area contributed by atoms with E-state index in [0.29, 0.717) is 11.6 Å². The predicted octanol–water partition coefficient (Wildman–Crippen LogP) is 1.14. The van der Waals surface area contributed by atoms with Crippen LogP contribution in [-0.4, -0.2) is 15.2 Å². The standard InChI is InChI=1S/C10H10N2O3/c13-5-8-3-1-2-4-9(8)14-6-10-11-7-15-12-10/h1-4,7,13H,5-6H2. The summed E-state index contributed by atoms with van der Waals surface area (Å²) >= 11 is 0. The monoisotopic (exact) mass is 206 g/mol. The number of aliphatic hydroxyl groups is 1. The van der Waals surface area contributed by atoms with Crippen LogP contribution in [0.1, 0.15) is 11.4 Å². The SMILES string of the molecule is OCc1ccccc1OCc1ncon1. The van der Waals surface area contributed by atoms with Crippen LogP contribution in [0.2, 0.25) is 0 Å². The molecule has 0 spiro atoms. The van der Waals surface area contributed by atoms with Crippen molar-refractivity contribution in [3.05, 3.63) is 42.0 Å². The normalized spacial score (nSPS) is 10.2. The van der Waals surface area contributed by atoms with Crippen LogP contribution < -0.4 is 4.74 Å². The van der Waals surface area contributed by atoms with Gasteiger partial charge in [-0.05, 0) is 6.07 Å². The second-order valence-electron chi connectivity index (χ2n) is 2.90. The second-order valence-corrected chi connectivity index (χ2v) is 2.90. The third-order valence-electron chi connectivity index (χ3n) is 1.91. The highest BCUT2D eigenvalue weighted by atomic mass is 16.5. The molecule has 0 unspecified atom stereocenters. The first-order valence-corrected chi connectivity index (χ1v) is 4.47. The van der Waals surface area contributed by atoms with Crippen molar-refractivity contribution < 1.29 is 14.4 Å². The molecule has 0 amide bonds. The molecule has 5 nitrogen and oxygen atoms in total. The van der Waals surface area contributed by atoms with E-state index >= 15 is 0 Å². The topological polar surface area (TPSA) is 68.4 Å². The van der Waals surface area contributed by atoms with E-state index < -0.39 is 0 Å². The zero-order valence-electron chi connectivity index (χ0n) is 7.96. The first-order chi connectivity index (χ1) is 7.40. The zero-order chi connectivity index (χ0) is 10.5. The van der Waals surface area contributed by atoms with E-state index in [1.807, 2.05) is 12.1 Å². The molecule has 0 radical (unpaired) electrons. The predicted molar refractivity (Wildman–Crippen MR) is 51.0 cm³/mol. The summed E-state index contributed by atoms with van der Waals surface area (Å²) < 4.78 is 10.00. The lowest BCUT2D eigenvalue weighted by Gasteiger charge is -2.07. The van der Waals surface area contributed by atoms with E-state index in [-0.39, 0.29) is 13.2 Å². The first-order valence-electron chi connectivity index (χ1n) is 4.47. The van der Waals surface area contributed by atoms with Gasteiger partial charge in [0.05, 0.1) is 6.61 Å². The minimum Gasteiger partial charge on any atom is -0.485 e. The van der Waals surface area contributed by atoms with Gasteiger partial charge in [0.15, 0.2) is 6.61 Å². The molecule has 1 aromatic carbocycles. The van der Waals surface area contributed by atoms with Crippen molar-refractivity contribution in [2.24, 2.45) is 0 Å². The summed E-state index contributed by atoms with van der Waals surface area (Å²) in [6, 6.07) is 7.26. The summed E-state index contributed by atoms with van der Waals surface area (Å²) in [6.07, 6.45) is 1.25. The lowest BCUT2D eigenvalue weighted by Crippen LogP contribution is -1.99. The number of para-hydroxylation sites is 1. The van der Waals surface area contributed by atoms with Crippen LogP contribution in [0, 0.1) is 0 Å². The fourth-order valence-electron chi connectivity index (χ4n) is 1.17. The lowest BCUT2D eigenvalue weighted by atomic mass is 10.2. The molecule has 0 atom stereocenters. The number of hydrogen-bond donors (Lipinski definition) is 1. The van der Waals surface area contributed by atoms with Crippen LogP contribution in [0.5, 0.6) is 5.75 Å². The number of aromatic nitrogens is 2. The van der Waals surface area contributed by atoms with Gasteiger partial charge in [0.1, 0.15) is 5.75 Å². The summed E-state index contributed by atoms with van der Waals surface area (Å²) in [4.78, 5) is 3.82. The maximum Gasteiger partial charge on any atom is 0.213 e. The molecule has 2 aromatic rings. The molecular weight excluding hydrogens is 196 g/mol. The van der Waals surface area contributed by atoms with Gasteiger partial charge in [0.2, 0.25) is 12.2 Å². The van der Waals surface area contributed by atoms with Gasteiger partial charge < -0.3 is 14.4 Å². The average molecular weight is 206 g/mol. The minimum absolute atomic E-state index is 0.0532. The van der Waals surface area contributed by atoms with Crippen LogP contribution in [-0.2, 0) is 13.2 Å². The number of hydrogen-bond acceptors (Lipinski definition) is 5. The maximum absolute atomic E-state index is 9.05. The number of aliphatic hydroxyl groups excluding tert-OH is 1. The van der Waals surface area contributed by atoms with Gasteiger partial charge in [-0.2, -0.15) is 4.98 Å². The van der Waals surface area contributed by atoms with E-state index in [9.17, 15) is 0 Å². The van der Waals surface area contributed by atoms with Crippen LogP contribution >= 0.6 is 0 Å². The Balaban J connectivity index is 2.04. The Morgan fingerprint density at radius 3 is 2.93 bits per heavy atom. The molecule has 0 saturated heterocycles. The van der Waals surface area contributed by atoms with Crippen molar-refractivity contribution in [2.45, 2.75) is 13.2 Å². The maximum atomic E-state index is 9.05. The van der Waals surface area contributed by atoms with Gasteiger partial charge in [-0.15, -0.1) is 0 Å². The quantitative estimate of drug-likeness (QED) is 0.812. The first kappa shape index (κ1) is 9.67. The Kier molecular flexibility index (Phi) is 2.94. The molecule has 5 heteroatoms. The van der Waals surface area contributed by atoms with Crippen LogP contribution in [0.15, 0.2) is 35.2 Å². The van der Waals surface area contributed by atoms with E-state index in [1.54, 1.807) is 12.1 Å². The smallest absolute Gasteiger partial charge is 0.213 e. The molecule has 1 N–H and O–H groups in total. The fraction of sp³-hybridized carbons (Fsp3) is 0.200. The molecule has 1 aromatic heterocycles. The summed E-state index contributed by atoms with van der Waals surface area (Å²) in [5, 5.41) is 12.7. The van der Waals surface area contributed by atoms with Gasteiger partial charge in [0.25, 0.3) is 0 Å². The lowest BCUT2D eigenvalue weighted by molar-refractivity contribution is 0.253. The highest BCUT2D eigenvalue weighted by molar-refractivity contribution is 5.32. The van der Waals surface area contributed by atoms with Crippen molar-refractivity contribution in [2.75, 3.05) is 0 Å². The fourth-order valence-corrected chi connectivity index (χ4v) is 1.17. The zero-order valence-corrected chi connectivity index (χ0v) is 7.96. The van der Waals surface area contributed by atoms with Crippen molar-refractivity contribution in [3.8, 4) is 5.75 Å². The average Bonchev–Trinajstić information content (AvgIpc) is 2.79. The van der Waals surface area contributed by atoms with Crippen molar-refractivity contribution >= 4 is 0 Å². The molecule has 0 fully saturated rings. The van der Waals surface area contributed by atoms with E-state index in [2.05, 4.69) is 14.7 Å². The summed E-state index contributed by atoms with van der Waals surface area (Å²) in [5.41, 5.74) is 0.737. The molecule has 0 aliphatic heterocycles. The minimum atomic E-state index is -0.0532.